The summed E-state index contributed by atoms with van der Waals surface area (Å²) in [5.74, 6) is 1.55. The van der Waals surface area contributed by atoms with Crippen molar-refractivity contribution in [3.63, 3.8) is 0 Å². The molecular formula is C18H22N4OS. The quantitative estimate of drug-likeness (QED) is 0.689. The SMILES string of the molecule is CN(Cc1ccc2nsnc2c1)Cc1cc(C2CCCCC2)no1. The van der Waals surface area contributed by atoms with Gasteiger partial charge in [0.1, 0.15) is 11.0 Å². The monoisotopic (exact) mass is 342 g/mol. The second-order valence-corrected chi connectivity index (χ2v) is 7.34. The molecular weight excluding hydrogens is 320 g/mol. The summed E-state index contributed by atoms with van der Waals surface area (Å²) in [5.41, 5.74) is 4.33. The van der Waals surface area contributed by atoms with Crippen LogP contribution in [0, 0.1) is 0 Å². The van der Waals surface area contributed by atoms with Gasteiger partial charge in [-0.25, -0.2) is 0 Å². The summed E-state index contributed by atoms with van der Waals surface area (Å²) >= 11 is 1.26. The number of aromatic nitrogens is 3. The van der Waals surface area contributed by atoms with E-state index < -0.39 is 0 Å². The lowest BCUT2D eigenvalue weighted by atomic mass is 9.87. The molecule has 0 atom stereocenters. The van der Waals surface area contributed by atoms with Gasteiger partial charge in [-0.05, 0) is 37.6 Å². The predicted octanol–water partition coefficient (Wildman–Crippen LogP) is 4.36. The van der Waals surface area contributed by atoms with Crippen LogP contribution in [0.1, 0.15) is 55.0 Å². The maximum atomic E-state index is 5.57. The highest BCUT2D eigenvalue weighted by Crippen LogP contribution is 2.32. The van der Waals surface area contributed by atoms with E-state index in [1.54, 1.807) is 0 Å². The van der Waals surface area contributed by atoms with Crippen LogP contribution in [0.3, 0.4) is 0 Å². The van der Waals surface area contributed by atoms with Crippen molar-refractivity contribution < 1.29 is 4.52 Å². The topological polar surface area (TPSA) is 55.1 Å². The number of hydrogen-bond acceptors (Lipinski definition) is 6. The van der Waals surface area contributed by atoms with Gasteiger partial charge in [-0.15, -0.1) is 0 Å². The molecule has 126 valence electrons. The highest BCUT2D eigenvalue weighted by Gasteiger charge is 2.19. The second kappa shape index (κ2) is 6.99. The lowest BCUT2D eigenvalue weighted by molar-refractivity contribution is 0.264. The first-order valence-electron chi connectivity index (χ1n) is 8.63. The molecule has 6 heteroatoms. The van der Waals surface area contributed by atoms with E-state index in [0.29, 0.717) is 5.92 Å². The van der Waals surface area contributed by atoms with Crippen molar-refractivity contribution in [2.45, 2.75) is 51.1 Å². The number of fused-ring (bicyclic) bond motifs is 1. The fourth-order valence-electron chi connectivity index (χ4n) is 3.55. The van der Waals surface area contributed by atoms with Gasteiger partial charge in [-0.1, -0.05) is 30.5 Å². The minimum Gasteiger partial charge on any atom is -0.360 e. The lowest BCUT2D eigenvalue weighted by Gasteiger charge is -2.18. The Morgan fingerprint density at radius 3 is 2.79 bits per heavy atom. The molecule has 0 N–H and O–H groups in total. The Balaban J connectivity index is 1.38. The Morgan fingerprint density at radius 2 is 1.92 bits per heavy atom. The van der Waals surface area contributed by atoms with Gasteiger partial charge in [0.25, 0.3) is 0 Å². The van der Waals surface area contributed by atoms with Crippen LogP contribution in [0.15, 0.2) is 28.8 Å². The number of hydrogen-bond donors (Lipinski definition) is 0. The highest BCUT2D eigenvalue weighted by molar-refractivity contribution is 7.00. The summed E-state index contributed by atoms with van der Waals surface area (Å²) in [5, 5.41) is 4.32. The van der Waals surface area contributed by atoms with Crippen LogP contribution in [-0.2, 0) is 13.1 Å². The Hall–Kier alpha value is -1.79. The second-order valence-electron chi connectivity index (χ2n) is 6.81. The molecule has 0 spiro atoms. The summed E-state index contributed by atoms with van der Waals surface area (Å²) in [4.78, 5) is 2.24. The van der Waals surface area contributed by atoms with Crippen molar-refractivity contribution in [2.75, 3.05) is 7.05 Å². The standard InChI is InChI=1S/C18H22N4OS/c1-22(11-13-7-8-16-18(9-13)21-24-20-16)12-15-10-17(19-23-15)14-5-3-2-4-6-14/h7-10,14H,2-6,11-12H2,1H3. The first-order chi connectivity index (χ1) is 11.8. The maximum absolute atomic E-state index is 5.57. The minimum absolute atomic E-state index is 0.598. The third kappa shape index (κ3) is 3.49. The van der Waals surface area contributed by atoms with E-state index in [0.717, 1.165) is 35.6 Å². The largest absolute Gasteiger partial charge is 0.360 e. The van der Waals surface area contributed by atoms with E-state index in [1.807, 2.05) is 6.07 Å². The van der Waals surface area contributed by atoms with Gasteiger partial charge >= 0.3 is 0 Å². The van der Waals surface area contributed by atoms with Gasteiger partial charge in [-0.2, -0.15) is 8.75 Å². The third-order valence-electron chi connectivity index (χ3n) is 4.80. The Labute approximate surface area is 146 Å². The maximum Gasteiger partial charge on any atom is 0.150 e. The molecule has 1 fully saturated rings. The molecule has 0 saturated heterocycles. The number of benzene rings is 1. The van der Waals surface area contributed by atoms with Crippen molar-refractivity contribution in [2.24, 2.45) is 0 Å². The molecule has 0 amide bonds. The van der Waals surface area contributed by atoms with Gasteiger partial charge in [0.2, 0.25) is 0 Å². The molecule has 0 bridgehead atoms. The zero-order valence-electron chi connectivity index (χ0n) is 13.9. The van der Waals surface area contributed by atoms with Crippen LogP contribution in [0.5, 0.6) is 0 Å². The van der Waals surface area contributed by atoms with E-state index in [1.165, 1.54) is 49.4 Å². The van der Waals surface area contributed by atoms with Crippen molar-refractivity contribution >= 4 is 22.8 Å². The molecule has 5 nitrogen and oxygen atoms in total. The smallest absolute Gasteiger partial charge is 0.150 e. The van der Waals surface area contributed by atoms with E-state index >= 15 is 0 Å². The fourth-order valence-corrected chi connectivity index (χ4v) is 4.07. The summed E-state index contributed by atoms with van der Waals surface area (Å²) < 4.78 is 14.1. The van der Waals surface area contributed by atoms with Crippen molar-refractivity contribution in [1.82, 2.24) is 18.8 Å². The molecule has 1 aliphatic carbocycles. The normalized spacial score (nSPS) is 16.2. The molecule has 3 aromatic rings. The molecule has 0 unspecified atom stereocenters. The Bertz CT molecular complexity index is 806. The summed E-state index contributed by atoms with van der Waals surface area (Å²) in [7, 11) is 2.10. The van der Waals surface area contributed by atoms with Gasteiger partial charge in [0.15, 0.2) is 5.76 Å². The molecule has 1 aliphatic rings. The zero-order valence-corrected chi connectivity index (χ0v) is 14.8. The van der Waals surface area contributed by atoms with E-state index in [-0.39, 0.29) is 0 Å². The highest BCUT2D eigenvalue weighted by atomic mass is 32.1. The minimum atomic E-state index is 0.598. The number of nitrogens with zero attached hydrogens (tertiary/aromatic N) is 4. The van der Waals surface area contributed by atoms with Crippen LogP contribution in [0.2, 0.25) is 0 Å². The summed E-state index contributed by atoms with van der Waals surface area (Å²) in [6.45, 7) is 1.63. The zero-order chi connectivity index (χ0) is 16.4. The summed E-state index contributed by atoms with van der Waals surface area (Å²) in [6, 6.07) is 8.43. The van der Waals surface area contributed by atoms with Crippen LogP contribution in [0.25, 0.3) is 11.0 Å². The van der Waals surface area contributed by atoms with Gasteiger partial charge in [0.05, 0.1) is 24.0 Å². The van der Waals surface area contributed by atoms with Gasteiger partial charge < -0.3 is 4.52 Å². The molecule has 0 radical (unpaired) electrons. The molecule has 24 heavy (non-hydrogen) atoms. The van der Waals surface area contributed by atoms with Crippen LogP contribution in [0.4, 0.5) is 0 Å². The molecule has 1 saturated carbocycles. The predicted molar refractivity (Wildman–Crippen MR) is 94.9 cm³/mol. The van der Waals surface area contributed by atoms with Crippen LogP contribution >= 0.6 is 11.7 Å². The van der Waals surface area contributed by atoms with E-state index in [9.17, 15) is 0 Å². The molecule has 2 aromatic heterocycles. The van der Waals surface area contributed by atoms with Gasteiger partial charge in [-0.3, -0.25) is 4.90 Å². The lowest BCUT2D eigenvalue weighted by Crippen LogP contribution is -2.16. The van der Waals surface area contributed by atoms with Crippen molar-refractivity contribution in [3.05, 3.63) is 41.3 Å². The van der Waals surface area contributed by atoms with E-state index in [2.05, 4.69) is 44.1 Å². The van der Waals surface area contributed by atoms with Crippen LogP contribution < -0.4 is 0 Å². The van der Waals surface area contributed by atoms with Crippen molar-refractivity contribution in [3.8, 4) is 0 Å². The first-order valence-corrected chi connectivity index (χ1v) is 9.36. The average molecular weight is 342 g/mol. The molecule has 1 aromatic carbocycles. The van der Waals surface area contributed by atoms with Crippen molar-refractivity contribution in [1.29, 1.82) is 0 Å². The first kappa shape index (κ1) is 15.7. The Morgan fingerprint density at radius 1 is 1.08 bits per heavy atom. The van der Waals surface area contributed by atoms with E-state index in [4.69, 9.17) is 4.52 Å². The third-order valence-corrected chi connectivity index (χ3v) is 5.35. The van der Waals surface area contributed by atoms with Gasteiger partial charge in [0, 0.05) is 18.5 Å². The average Bonchev–Trinajstić information content (AvgIpc) is 3.24. The van der Waals surface area contributed by atoms with Crippen LogP contribution in [-0.4, -0.2) is 25.9 Å². The Kier molecular flexibility index (Phi) is 4.58. The fraction of sp³-hybridized carbons (Fsp3) is 0.500. The molecule has 0 aliphatic heterocycles. The number of rotatable bonds is 5. The molecule has 2 heterocycles. The summed E-state index contributed by atoms with van der Waals surface area (Å²) in [6.07, 6.45) is 6.51. The molecule has 4 rings (SSSR count).